The average Bonchev–Trinajstić information content (AvgIpc) is 2.40. The van der Waals surface area contributed by atoms with Gasteiger partial charge in [-0.3, -0.25) is 0 Å². The van der Waals surface area contributed by atoms with Crippen molar-refractivity contribution in [2.45, 2.75) is 76.0 Å². The summed E-state index contributed by atoms with van der Waals surface area (Å²) in [6, 6.07) is 0. The van der Waals surface area contributed by atoms with Crippen LogP contribution >= 0.6 is 11.8 Å². The molecule has 1 unspecified atom stereocenters. The molecule has 0 radical (unpaired) electrons. The molecule has 1 saturated carbocycles. The molecule has 18 heavy (non-hydrogen) atoms. The van der Waals surface area contributed by atoms with Gasteiger partial charge < -0.3 is 10.4 Å². The highest BCUT2D eigenvalue weighted by Crippen LogP contribution is 2.29. The molecule has 1 aliphatic carbocycles. The molecule has 0 bridgehead atoms. The summed E-state index contributed by atoms with van der Waals surface area (Å²) in [6.07, 6.45) is 10.8. The Hall–Kier alpha value is 0.270. The SMILES string of the molecule is CCNC(C)(CO)CCCCSC1CCCCC1. The number of hydrogen-bond acceptors (Lipinski definition) is 3. The van der Waals surface area contributed by atoms with Gasteiger partial charge in [0.15, 0.2) is 0 Å². The van der Waals surface area contributed by atoms with Crippen LogP contribution in [0.25, 0.3) is 0 Å². The van der Waals surface area contributed by atoms with Crippen molar-refractivity contribution in [1.82, 2.24) is 5.32 Å². The second-order valence-electron chi connectivity index (χ2n) is 5.84. The fourth-order valence-electron chi connectivity index (χ4n) is 2.75. The van der Waals surface area contributed by atoms with Gasteiger partial charge in [-0.15, -0.1) is 0 Å². The fraction of sp³-hybridized carbons (Fsp3) is 1.00. The van der Waals surface area contributed by atoms with Gasteiger partial charge in [0, 0.05) is 10.8 Å². The average molecular weight is 273 g/mol. The van der Waals surface area contributed by atoms with E-state index in [4.69, 9.17) is 0 Å². The zero-order valence-corrected chi connectivity index (χ0v) is 13.0. The third-order valence-electron chi connectivity index (χ3n) is 3.98. The fourth-order valence-corrected chi connectivity index (χ4v) is 4.12. The number of rotatable bonds is 9. The molecule has 2 N–H and O–H groups in total. The van der Waals surface area contributed by atoms with Crippen LogP contribution in [0.15, 0.2) is 0 Å². The molecule has 0 aromatic rings. The van der Waals surface area contributed by atoms with Gasteiger partial charge in [0.25, 0.3) is 0 Å². The van der Waals surface area contributed by atoms with Gasteiger partial charge in [-0.1, -0.05) is 32.6 Å². The van der Waals surface area contributed by atoms with Crippen LogP contribution < -0.4 is 5.32 Å². The minimum absolute atomic E-state index is 0.0652. The lowest BCUT2D eigenvalue weighted by Gasteiger charge is -2.28. The first kappa shape index (κ1) is 16.3. The van der Waals surface area contributed by atoms with Crippen molar-refractivity contribution in [3.05, 3.63) is 0 Å². The van der Waals surface area contributed by atoms with Crippen LogP contribution in [0, 0.1) is 0 Å². The Morgan fingerprint density at radius 2 is 1.94 bits per heavy atom. The second kappa shape index (κ2) is 9.22. The highest BCUT2D eigenvalue weighted by Gasteiger charge is 2.21. The normalized spacial score (nSPS) is 20.8. The Morgan fingerprint density at radius 1 is 1.22 bits per heavy atom. The van der Waals surface area contributed by atoms with Gasteiger partial charge in [-0.2, -0.15) is 11.8 Å². The van der Waals surface area contributed by atoms with Gasteiger partial charge >= 0.3 is 0 Å². The van der Waals surface area contributed by atoms with E-state index < -0.39 is 0 Å². The summed E-state index contributed by atoms with van der Waals surface area (Å²) in [5.41, 5.74) is -0.0652. The molecule has 0 aromatic carbocycles. The van der Waals surface area contributed by atoms with E-state index in [1.165, 1.54) is 50.7 Å². The smallest absolute Gasteiger partial charge is 0.0610 e. The second-order valence-corrected chi connectivity index (χ2v) is 7.25. The first-order valence-electron chi connectivity index (χ1n) is 7.67. The van der Waals surface area contributed by atoms with Crippen molar-refractivity contribution in [1.29, 1.82) is 0 Å². The zero-order valence-electron chi connectivity index (χ0n) is 12.2. The Labute approximate surface area is 117 Å². The van der Waals surface area contributed by atoms with Crippen molar-refractivity contribution in [3.8, 4) is 0 Å². The van der Waals surface area contributed by atoms with Crippen LogP contribution in [0.3, 0.4) is 0 Å². The lowest BCUT2D eigenvalue weighted by atomic mass is 9.96. The quantitative estimate of drug-likeness (QED) is 0.630. The highest BCUT2D eigenvalue weighted by atomic mass is 32.2. The standard InChI is InChI=1S/C15H31NOS/c1-3-16-15(2,13-17)11-7-8-12-18-14-9-5-4-6-10-14/h14,16-17H,3-13H2,1-2H3. The summed E-state index contributed by atoms with van der Waals surface area (Å²) in [4.78, 5) is 0. The number of aliphatic hydroxyl groups is 1. The predicted molar refractivity (Wildman–Crippen MR) is 82.3 cm³/mol. The number of nitrogens with one attached hydrogen (secondary N) is 1. The van der Waals surface area contributed by atoms with Gasteiger partial charge in [0.2, 0.25) is 0 Å². The van der Waals surface area contributed by atoms with Crippen LogP contribution in [0.5, 0.6) is 0 Å². The van der Waals surface area contributed by atoms with E-state index in [-0.39, 0.29) is 12.1 Å². The van der Waals surface area contributed by atoms with Crippen LogP contribution in [0.4, 0.5) is 0 Å². The molecule has 1 rings (SSSR count). The Bertz CT molecular complexity index is 207. The lowest BCUT2D eigenvalue weighted by molar-refractivity contribution is 0.165. The maximum absolute atomic E-state index is 9.41. The number of thioether (sulfide) groups is 1. The molecule has 108 valence electrons. The third-order valence-corrected chi connectivity index (χ3v) is 5.45. The summed E-state index contributed by atoms with van der Waals surface area (Å²) < 4.78 is 0. The van der Waals surface area contributed by atoms with Crippen LogP contribution in [-0.2, 0) is 0 Å². The number of hydrogen-bond donors (Lipinski definition) is 2. The topological polar surface area (TPSA) is 32.3 Å². The van der Waals surface area contributed by atoms with E-state index in [1.807, 2.05) is 0 Å². The van der Waals surface area contributed by atoms with Crippen LogP contribution in [-0.4, -0.2) is 34.8 Å². The predicted octanol–water partition coefficient (Wildman–Crippen LogP) is 3.58. The minimum Gasteiger partial charge on any atom is -0.394 e. The van der Waals surface area contributed by atoms with E-state index in [9.17, 15) is 5.11 Å². The molecule has 0 aliphatic heterocycles. The van der Waals surface area contributed by atoms with Crippen LogP contribution in [0.2, 0.25) is 0 Å². The monoisotopic (exact) mass is 273 g/mol. The highest BCUT2D eigenvalue weighted by molar-refractivity contribution is 7.99. The number of likely N-dealkylation sites (N-methyl/N-ethyl adjacent to an activating group) is 1. The Kier molecular flexibility index (Phi) is 8.36. The molecule has 2 nitrogen and oxygen atoms in total. The van der Waals surface area contributed by atoms with Gasteiger partial charge in [-0.05, 0) is 44.9 Å². The molecule has 1 atom stereocenters. The summed E-state index contributed by atoms with van der Waals surface area (Å²) in [6.45, 7) is 5.42. The first-order valence-corrected chi connectivity index (χ1v) is 8.72. The van der Waals surface area contributed by atoms with Crippen LogP contribution in [0.1, 0.15) is 65.2 Å². The van der Waals surface area contributed by atoms with E-state index in [0.29, 0.717) is 0 Å². The lowest BCUT2D eigenvalue weighted by Crippen LogP contribution is -2.45. The van der Waals surface area contributed by atoms with Crippen molar-refractivity contribution in [3.63, 3.8) is 0 Å². The number of unbranched alkanes of at least 4 members (excludes halogenated alkanes) is 1. The van der Waals surface area contributed by atoms with E-state index in [1.54, 1.807) is 0 Å². The molecule has 0 spiro atoms. The summed E-state index contributed by atoms with van der Waals surface area (Å²) in [5.74, 6) is 1.30. The van der Waals surface area contributed by atoms with Crippen molar-refractivity contribution >= 4 is 11.8 Å². The molecular formula is C15H31NOS. The van der Waals surface area contributed by atoms with Crippen molar-refractivity contribution in [2.24, 2.45) is 0 Å². The third kappa shape index (κ3) is 6.44. The Balaban J connectivity index is 2.03. The summed E-state index contributed by atoms with van der Waals surface area (Å²) in [7, 11) is 0. The van der Waals surface area contributed by atoms with Gasteiger partial charge in [0.1, 0.15) is 0 Å². The summed E-state index contributed by atoms with van der Waals surface area (Å²) in [5, 5.41) is 13.7. The molecule has 0 amide bonds. The van der Waals surface area contributed by atoms with Crippen molar-refractivity contribution < 1.29 is 5.11 Å². The molecule has 3 heteroatoms. The maximum atomic E-state index is 9.41. The molecule has 0 saturated heterocycles. The van der Waals surface area contributed by atoms with E-state index in [0.717, 1.165) is 18.2 Å². The largest absolute Gasteiger partial charge is 0.394 e. The molecule has 1 aliphatic rings. The minimum atomic E-state index is -0.0652. The first-order chi connectivity index (χ1) is 8.70. The molecular weight excluding hydrogens is 242 g/mol. The molecule has 0 heterocycles. The Morgan fingerprint density at radius 3 is 2.56 bits per heavy atom. The van der Waals surface area contributed by atoms with Crippen molar-refractivity contribution in [2.75, 3.05) is 18.9 Å². The van der Waals surface area contributed by atoms with E-state index in [2.05, 4.69) is 30.9 Å². The number of aliphatic hydroxyl groups excluding tert-OH is 1. The molecule has 0 aromatic heterocycles. The van der Waals surface area contributed by atoms with Gasteiger partial charge in [0.05, 0.1) is 6.61 Å². The maximum Gasteiger partial charge on any atom is 0.0610 e. The van der Waals surface area contributed by atoms with E-state index >= 15 is 0 Å². The van der Waals surface area contributed by atoms with Gasteiger partial charge in [-0.25, -0.2) is 0 Å². The zero-order chi connectivity index (χ0) is 13.3. The molecule has 1 fully saturated rings. The summed E-state index contributed by atoms with van der Waals surface area (Å²) >= 11 is 2.19.